The third-order valence-corrected chi connectivity index (χ3v) is 7.21. The van der Waals surface area contributed by atoms with Crippen molar-refractivity contribution in [3.63, 3.8) is 0 Å². The number of furan rings is 1. The average Bonchev–Trinajstić information content (AvgIpc) is 3.08. The van der Waals surface area contributed by atoms with Crippen molar-refractivity contribution in [3.8, 4) is 11.3 Å². The van der Waals surface area contributed by atoms with Gasteiger partial charge in [-0.1, -0.05) is 0 Å². The summed E-state index contributed by atoms with van der Waals surface area (Å²) in [6.45, 7) is 1.99. The van der Waals surface area contributed by atoms with Crippen molar-refractivity contribution < 1.29 is 26.4 Å². The second kappa shape index (κ2) is 8.75. The summed E-state index contributed by atoms with van der Waals surface area (Å²) >= 11 is 0. The van der Waals surface area contributed by atoms with Crippen molar-refractivity contribution >= 4 is 32.6 Å². The van der Waals surface area contributed by atoms with Crippen molar-refractivity contribution in [3.05, 3.63) is 53.3 Å². The van der Waals surface area contributed by atoms with Crippen molar-refractivity contribution in [2.75, 3.05) is 43.9 Å². The molecule has 1 aliphatic rings. The van der Waals surface area contributed by atoms with Crippen molar-refractivity contribution in [1.29, 1.82) is 0 Å². The Morgan fingerprint density at radius 2 is 1.91 bits per heavy atom. The predicted octanol–water partition coefficient (Wildman–Crippen LogP) is 3.71. The van der Waals surface area contributed by atoms with Crippen LogP contribution in [0.2, 0.25) is 0 Å². The molecule has 0 bridgehead atoms. The van der Waals surface area contributed by atoms with E-state index in [4.69, 9.17) is 4.42 Å². The van der Waals surface area contributed by atoms with E-state index in [1.54, 1.807) is 12.1 Å². The number of carbonyl (C=O) groups excluding carboxylic acids is 1. The van der Waals surface area contributed by atoms with E-state index in [-0.39, 0.29) is 30.5 Å². The highest BCUT2D eigenvalue weighted by Gasteiger charge is 2.32. The average molecular weight is 478 g/mol. The molecule has 1 aromatic heterocycles. The van der Waals surface area contributed by atoms with Gasteiger partial charge >= 0.3 is 0 Å². The molecular weight excluding hydrogens is 452 g/mol. The fourth-order valence-electron chi connectivity index (χ4n) is 4.34. The molecule has 1 N–H and O–H groups in total. The molecule has 1 atom stereocenters. The standard InChI is InChI=1S/C23H25F2N3O4S/c1-14-17-12-18-20(13-19(17)28(33(3,30)31)11-10-27(14)9-8-24)32-22(21(18)23(29)26-2)15-4-6-16(25)7-5-15/h4-7,12-14H,8-11H2,1-3H3,(H,26,29). The Bertz CT molecular complexity index is 1310. The first-order valence-electron chi connectivity index (χ1n) is 10.5. The first-order valence-corrected chi connectivity index (χ1v) is 12.4. The van der Waals surface area contributed by atoms with E-state index in [0.29, 0.717) is 34.3 Å². The molecule has 0 aliphatic carbocycles. The van der Waals surface area contributed by atoms with Crippen LogP contribution in [-0.4, -0.2) is 58.8 Å². The maximum absolute atomic E-state index is 13.5. The fourth-order valence-corrected chi connectivity index (χ4v) is 5.27. The highest BCUT2D eigenvalue weighted by molar-refractivity contribution is 7.92. The third-order valence-electron chi connectivity index (χ3n) is 6.03. The Morgan fingerprint density at radius 3 is 2.52 bits per heavy atom. The molecule has 10 heteroatoms. The normalized spacial score (nSPS) is 17.1. The molecular formula is C23H25F2N3O4S. The van der Waals surface area contributed by atoms with Gasteiger partial charge < -0.3 is 9.73 Å². The van der Waals surface area contributed by atoms with E-state index in [2.05, 4.69) is 5.32 Å². The van der Waals surface area contributed by atoms with Gasteiger partial charge in [-0.15, -0.1) is 0 Å². The molecule has 176 valence electrons. The molecule has 0 spiro atoms. The minimum absolute atomic E-state index is 0.158. The number of hydrogen-bond acceptors (Lipinski definition) is 5. The Hall–Kier alpha value is -2.98. The van der Waals surface area contributed by atoms with Gasteiger partial charge in [-0.25, -0.2) is 17.2 Å². The molecule has 7 nitrogen and oxygen atoms in total. The summed E-state index contributed by atoms with van der Waals surface area (Å²) in [7, 11) is -2.13. The van der Waals surface area contributed by atoms with Crippen LogP contribution >= 0.6 is 0 Å². The number of rotatable bonds is 5. The lowest BCUT2D eigenvalue weighted by molar-refractivity contribution is 0.0964. The van der Waals surface area contributed by atoms with E-state index in [1.165, 1.54) is 35.6 Å². The number of nitrogens with one attached hydrogen (secondary N) is 1. The van der Waals surface area contributed by atoms with Crippen LogP contribution < -0.4 is 9.62 Å². The smallest absolute Gasteiger partial charge is 0.255 e. The number of halogens is 2. The van der Waals surface area contributed by atoms with Crippen LogP contribution in [-0.2, 0) is 10.0 Å². The zero-order chi connectivity index (χ0) is 23.9. The Kier molecular flexibility index (Phi) is 6.15. The second-order valence-corrected chi connectivity index (χ2v) is 9.94. The van der Waals surface area contributed by atoms with Gasteiger partial charge in [0.25, 0.3) is 5.91 Å². The van der Waals surface area contributed by atoms with Crippen LogP contribution in [0, 0.1) is 5.82 Å². The SMILES string of the molecule is CNC(=O)c1c(-c2ccc(F)cc2)oc2cc3c(cc12)C(C)N(CCF)CCN3S(C)(=O)=O. The number of hydrogen-bond donors (Lipinski definition) is 1. The van der Waals surface area contributed by atoms with Crippen LogP contribution in [0.3, 0.4) is 0 Å². The summed E-state index contributed by atoms with van der Waals surface area (Å²) in [6.07, 6.45) is 1.12. The Balaban J connectivity index is 2.01. The highest BCUT2D eigenvalue weighted by atomic mass is 32.2. The van der Waals surface area contributed by atoms with Gasteiger partial charge in [-0.05, 0) is 42.8 Å². The van der Waals surface area contributed by atoms with Gasteiger partial charge in [-0.2, -0.15) is 0 Å². The van der Waals surface area contributed by atoms with E-state index in [0.717, 1.165) is 6.26 Å². The van der Waals surface area contributed by atoms with E-state index < -0.39 is 28.4 Å². The van der Waals surface area contributed by atoms with Gasteiger partial charge in [0.1, 0.15) is 23.8 Å². The minimum atomic E-state index is -3.62. The maximum Gasteiger partial charge on any atom is 0.255 e. The summed E-state index contributed by atoms with van der Waals surface area (Å²) in [5.41, 5.74) is 2.18. The van der Waals surface area contributed by atoms with Gasteiger partial charge in [-0.3, -0.25) is 14.0 Å². The van der Waals surface area contributed by atoms with Crippen molar-refractivity contribution in [1.82, 2.24) is 10.2 Å². The number of amides is 1. The van der Waals surface area contributed by atoms with Crippen LogP contribution in [0.25, 0.3) is 22.3 Å². The molecule has 33 heavy (non-hydrogen) atoms. The number of anilines is 1. The predicted molar refractivity (Wildman–Crippen MR) is 123 cm³/mol. The van der Waals surface area contributed by atoms with Gasteiger partial charge in [0.05, 0.1) is 17.5 Å². The number of carbonyl (C=O) groups is 1. The Labute approximate surface area is 191 Å². The van der Waals surface area contributed by atoms with Crippen molar-refractivity contribution in [2.45, 2.75) is 13.0 Å². The lowest BCUT2D eigenvalue weighted by Gasteiger charge is -2.26. The fraction of sp³-hybridized carbons (Fsp3) is 0.348. The maximum atomic E-state index is 13.5. The third kappa shape index (κ3) is 4.20. The summed E-state index contributed by atoms with van der Waals surface area (Å²) in [4.78, 5) is 14.7. The summed E-state index contributed by atoms with van der Waals surface area (Å²) < 4.78 is 59.2. The largest absolute Gasteiger partial charge is 0.455 e. The quantitative estimate of drug-likeness (QED) is 0.606. The molecule has 1 unspecified atom stereocenters. The molecule has 2 heterocycles. The topological polar surface area (TPSA) is 82.9 Å². The molecule has 0 saturated carbocycles. The number of alkyl halides is 1. The van der Waals surface area contributed by atoms with E-state index in [1.807, 2.05) is 11.8 Å². The molecule has 1 amide bonds. The van der Waals surface area contributed by atoms with Gasteiger partial charge in [0.2, 0.25) is 10.0 Å². The van der Waals surface area contributed by atoms with Crippen LogP contribution in [0.4, 0.5) is 14.5 Å². The van der Waals surface area contributed by atoms with Gasteiger partial charge in [0, 0.05) is 49.7 Å². The summed E-state index contributed by atoms with van der Waals surface area (Å²) in [6, 6.07) is 8.62. The zero-order valence-corrected chi connectivity index (χ0v) is 19.4. The van der Waals surface area contributed by atoms with E-state index >= 15 is 0 Å². The molecule has 2 aromatic carbocycles. The summed E-state index contributed by atoms with van der Waals surface area (Å²) in [5.74, 6) is -0.563. The molecule has 0 saturated heterocycles. The molecule has 0 radical (unpaired) electrons. The number of benzene rings is 2. The highest BCUT2D eigenvalue weighted by Crippen LogP contribution is 2.41. The molecule has 3 aromatic rings. The molecule has 1 aliphatic heterocycles. The minimum Gasteiger partial charge on any atom is -0.455 e. The molecule has 4 rings (SSSR count). The lowest BCUT2D eigenvalue weighted by atomic mass is 9.99. The van der Waals surface area contributed by atoms with E-state index in [9.17, 15) is 22.0 Å². The first kappa shape index (κ1) is 23.2. The Morgan fingerprint density at radius 1 is 1.21 bits per heavy atom. The first-order chi connectivity index (χ1) is 15.7. The van der Waals surface area contributed by atoms with Crippen molar-refractivity contribution in [2.24, 2.45) is 0 Å². The number of sulfonamides is 1. The monoisotopic (exact) mass is 477 g/mol. The van der Waals surface area contributed by atoms with Gasteiger partial charge in [0.15, 0.2) is 0 Å². The van der Waals surface area contributed by atoms with Crippen LogP contribution in [0.15, 0.2) is 40.8 Å². The van der Waals surface area contributed by atoms with Crippen LogP contribution in [0.5, 0.6) is 0 Å². The second-order valence-electron chi connectivity index (χ2n) is 8.04. The number of nitrogens with zero attached hydrogens (tertiary/aromatic N) is 2. The molecule has 0 fully saturated rings. The zero-order valence-electron chi connectivity index (χ0n) is 18.6. The lowest BCUT2D eigenvalue weighted by Crippen LogP contribution is -2.36. The summed E-state index contributed by atoms with van der Waals surface area (Å²) in [5, 5.41) is 3.10. The number of fused-ring (bicyclic) bond motifs is 2. The van der Waals surface area contributed by atoms with Crippen LogP contribution in [0.1, 0.15) is 28.9 Å².